The van der Waals surface area contributed by atoms with Crippen LogP contribution in [0.5, 0.6) is 0 Å². The summed E-state index contributed by atoms with van der Waals surface area (Å²) >= 11 is 1.48. The van der Waals surface area contributed by atoms with Gasteiger partial charge in [0.2, 0.25) is 0 Å². The molecule has 0 saturated carbocycles. The van der Waals surface area contributed by atoms with Crippen LogP contribution in [-0.2, 0) is 16.1 Å². The second kappa shape index (κ2) is 8.05. The zero-order chi connectivity index (χ0) is 22.2. The van der Waals surface area contributed by atoms with Gasteiger partial charge in [0.15, 0.2) is 0 Å². The maximum absolute atomic E-state index is 13.2. The molecule has 158 valence electrons. The summed E-state index contributed by atoms with van der Waals surface area (Å²) in [7, 11) is 0. The molecule has 5 rings (SSSR count). The number of benzene rings is 2. The molecular weight excluding hydrogens is 420 g/mol. The molecule has 32 heavy (non-hydrogen) atoms. The maximum Gasteiger partial charge on any atom is 0.295 e. The Morgan fingerprint density at radius 2 is 1.78 bits per heavy atom. The summed E-state index contributed by atoms with van der Waals surface area (Å²) in [6, 6.07) is 18.3. The highest BCUT2D eigenvalue weighted by Gasteiger charge is 2.47. The number of aryl methyl sites for hydroxylation is 1. The van der Waals surface area contributed by atoms with Gasteiger partial charge >= 0.3 is 0 Å². The highest BCUT2D eigenvalue weighted by molar-refractivity contribution is 7.10. The van der Waals surface area contributed by atoms with Gasteiger partial charge in [-0.25, -0.2) is 0 Å². The number of ketones is 1. The second-order valence-corrected chi connectivity index (χ2v) is 8.76. The Balaban J connectivity index is 1.67. The van der Waals surface area contributed by atoms with Crippen molar-refractivity contribution in [3.8, 4) is 0 Å². The summed E-state index contributed by atoms with van der Waals surface area (Å²) in [5.74, 6) is -1.42. The van der Waals surface area contributed by atoms with E-state index in [0.717, 1.165) is 26.8 Å². The monoisotopic (exact) mass is 440 g/mol. The standard InChI is InChI=1S/C26H20N2O3S/c1-16-10-13-32-25(16)22-21(23(29)20-7-6-18-4-2-3-5-19(18)14-20)24(30)26(31)28(22)15-17-8-11-27-12-9-17/h2-14,22,29H,15H2,1H3/b23-21-. The van der Waals surface area contributed by atoms with Crippen molar-refractivity contribution in [3.63, 3.8) is 0 Å². The number of aromatic nitrogens is 1. The molecule has 0 aliphatic carbocycles. The Morgan fingerprint density at radius 3 is 2.50 bits per heavy atom. The predicted molar refractivity (Wildman–Crippen MR) is 125 cm³/mol. The molecular formula is C26H20N2O3S. The Morgan fingerprint density at radius 1 is 1.03 bits per heavy atom. The molecule has 2 aromatic heterocycles. The Labute approximate surface area is 189 Å². The zero-order valence-corrected chi connectivity index (χ0v) is 18.2. The number of carbonyl (C=O) groups is 2. The van der Waals surface area contributed by atoms with E-state index in [9.17, 15) is 14.7 Å². The van der Waals surface area contributed by atoms with E-state index in [1.165, 1.54) is 11.3 Å². The van der Waals surface area contributed by atoms with E-state index in [-0.39, 0.29) is 17.9 Å². The average molecular weight is 441 g/mol. The van der Waals surface area contributed by atoms with E-state index in [2.05, 4.69) is 4.98 Å². The van der Waals surface area contributed by atoms with Crippen molar-refractivity contribution in [2.24, 2.45) is 0 Å². The molecule has 4 aromatic rings. The molecule has 1 saturated heterocycles. The molecule has 1 fully saturated rings. The number of hydrogen-bond donors (Lipinski definition) is 1. The Kier molecular flexibility index (Phi) is 5.07. The molecule has 1 atom stereocenters. The fraction of sp³-hybridized carbons (Fsp3) is 0.115. The number of hydrogen-bond acceptors (Lipinski definition) is 5. The normalized spacial score (nSPS) is 17.9. The van der Waals surface area contributed by atoms with Gasteiger partial charge in [-0.15, -0.1) is 11.3 Å². The number of amides is 1. The molecule has 1 aliphatic heterocycles. The lowest BCUT2D eigenvalue weighted by Gasteiger charge is -2.25. The number of thiophene rings is 1. The van der Waals surface area contributed by atoms with Crippen LogP contribution in [0.15, 0.2) is 84.0 Å². The third-order valence-electron chi connectivity index (χ3n) is 5.82. The molecule has 1 N–H and O–H groups in total. The third-order valence-corrected chi connectivity index (χ3v) is 6.89. The van der Waals surface area contributed by atoms with Crippen molar-refractivity contribution >= 4 is 39.6 Å². The average Bonchev–Trinajstić information content (AvgIpc) is 3.34. The van der Waals surface area contributed by atoms with Crippen LogP contribution >= 0.6 is 11.3 Å². The number of aliphatic hydroxyl groups is 1. The zero-order valence-electron chi connectivity index (χ0n) is 17.4. The third kappa shape index (κ3) is 3.39. The van der Waals surface area contributed by atoms with Gasteiger partial charge in [-0.05, 0) is 58.5 Å². The highest BCUT2D eigenvalue weighted by atomic mass is 32.1. The largest absolute Gasteiger partial charge is 0.507 e. The molecule has 5 nitrogen and oxygen atoms in total. The summed E-state index contributed by atoms with van der Waals surface area (Å²) in [4.78, 5) is 32.7. The minimum absolute atomic E-state index is 0.130. The molecule has 6 heteroatoms. The highest BCUT2D eigenvalue weighted by Crippen LogP contribution is 2.43. The van der Waals surface area contributed by atoms with Crippen LogP contribution in [0.3, 0.4) is 0 Å². The SMILES string of the molecule is Cc1ccsc1C1/C(=C(/O)c2ccc3ccccc3c2)C(=O)C(=O)N1Cc1ccncc1. The number of nitrogens with zero attached hydrogens (tertiary/aromatic N) is 2. The minimum Gasteiger partial charge on any atom is -0.507 e. The van der Waals surface area contributed by atoms with Gasteiger partial charge in [-0.3, -0.25) is 14.6 Å². The summed E-state index contributed by atoms with van der Waals surface area (Å²) < 4.78 is 0. The summed E-state index contributed by atoms with van der Waals surface area (Å²) in [5, 5.41) is 15.2. The van der Waals surface area contributed by atoms with Crippen LogP contribution in [0.25, 0.3) is 16.5 Å². The first kappa shape index (κ1) is 20.2. The number of aliphatic hydroxyl groups excluding tert-OH is 1. The van der Waals surface area contributed by atoms with E-state index in [4.69, 9.17) is 0 Å². The van der Waals surface area contributed by atoms with Crippen molar-refractivity contribution in [2.75, 3.05) is 0 Å². The van der Waals surface area contributed by atoms with Crippen molar-refractivity contribution < 1.29 is 14.7 Å². The molecule has 0 spiro atoms. The van der Waals surface area contributed by atoms with Crippen LogP contribution in [0.4, 0.5) is 0 Å². The number of likely N-dealkylation sites (tertiary alicyclic amines) is 1. The van der Waals surface area contributed by atoms with Gasteiger partial charge in [0.25, 0.3) is 11.7 Å². The van der Waals surface area contributed by atoms with E-state index >= 15 is 0 Å². The Hall–Kier alpha value is -3.77. The number of carbonyl (C=O) groups excluding carboxylic acids is 2. The molecule has 2 aromatic carbocycles. The predicted octanol–water partition coefficient (Wildman–Crippen LogP) is 5.23. The van der Waals surface area contributed by atoms with E-state index < -0.39 is 17.7 Å². The lowest BCUT2D eigenvalue weighted by Crippen LogP contribution is -2.29. The number of rotatable bonds is 4. The summed E-state index contributed by atoms with van der Waals surface area (Å²) in [5.41, 5.74) is 2.49. The molecule has 1 aliphatic rings. The lowest BCUT2D eigenvalue weighted by molar-refractivity contribution is -0.140. The smallest absolute Gasteiger partial charge is 0.295 e. The fourth-order valence-corrected chi connectivity index (χ4v) is 5.20. The summed E-state index contributed by atoms with van der Waals surface area (Å²) in [6.45, 7) is 2.21. The number of fused-ring (bicyclic) bond motifs is 1. The van der Waals surface area contributed by atoms with Crippen LogP contribution in [0.1, 0.15) is 27.6 Å². The van der Waals surface area contributed by atoms with Gasteiger partial charge in [0, 0.05) is 29.4 Å². The maximum atomic E-state index is 13.2. The van der Waals surface area contributed by atoms with Gasteiger partial charge in [0.1, 0.15) is 11.8 Å². The van der Waals surface area contributed by atoms with Crippen molar-refractivity contribution in [1.82, 2.24) is 9.88 Å². The van der Waals surface area contributed by atoms with Crippen molar-refractivity contribution in [3.05, 3.63) is 106 Å². The van der Waals surface area contributed by atoms with Gasteiger partial charge < -0.3 is 10.0 Å². The van der Waals surface area contributed by atoms with Crippen molar-refractivity contribution in [1.29, 1.82) is 0 Å². The molecule has 0 radical (unpaired) electrons. The van der Waals surface area contributed by atoms with Crippen LogP contribution in [-0.4, -0.2) is 26.7 Å². The first-order chi connectivity index (χ1) is 15.5. The topological polar surface area (TPSA) is 70.5 Å². The molecule has 3 heterocycles. The fourth-order valence-electron chi connectivity index (χ4n) is 4.16. The minimum atomic E-state index is -0.664. The van der Waals surface area contributed by atoms with Crippen LogP contribution < -0.4 is 0 Å². The van der Waals surface area contributed by atoms with E-state index in [1.807, 2.05) is 66.9 Å². The second-order valence-electron chi connectivity index (χ2n) is 7.81. The molecule has 1 amide bonds. The Bertz CT molecular complexity index is 1370. The van der Waals surface area contributed by atoms with Crippen LogP contribution in [0, 0.1) is 6.92 Å². The molecule has 1 unspecified atom stereocenters. The van der Waals surface area contributed by atoms with Crippen LogP contribution in [0.2, 0.25) is 0 Å². The molecule has 0 bridgehead atoms. The van der Waals surface area contributed by atoms with E-state index in [0.29, 0.717) is 5.56 Å². The van der Waals surface area contributed by atoms with Gasteiger partial charge in [-0.2, -0.15) is 0 Å². The first-order valence-electron chi connectivity index (χ1n) is 10.2. The van der Waals surface area contributed by atoms with Crippen molar-refractivity contribution in [2.45, 2.75) is 19.5 Å². The first-order valence-corrected chi connectivity index (χ1v) is 11.1. The number of Topliss-reactive ketones (excluding diaryl/α,β-unsaturated/α-hetero) is 1. The summed E-state index contributed by atoms with van der Waals surface area (Å²) in [6.07, 6.45) is 3.32. The van der Waals surface area contributed by atoms with E-state index in [1.54, 1.807) is 23.4 Å². The van der Waals surface area contributed by atoms with Gasteiger partial charge in [-0.1, -0.05) is 36.4 Å². The quantitative estimate of drug-likeness (QED) is 0.268. The van der Waals surface area contributed by atoms with Gasteiger partial charge in [0.05, 0.1) is 5.57 Å². The lowest BCUT2D eigenvalue weighted by atomic mass is 9.97. The number of pyridine rings is 1.